The Balaban J connectivity index is 1.86. The zero-order chi connectivity index (χ0) is 18.7. The summed E-state index contributed by atoms with van der Waals surface area (Å²) in [6.45, 7) is 0. The van der Waals surface area contributed by atoms with Gasteiger partial charge in [-0.15, -0.1) is 0 Å². The third kappa shape index (κ3) is 1.99. The maximum absolute atomic E-state index is 6.40. The van der Waals surface area contributed by atoms with Crippen LogP contribution in [-0.2, 0) is 0 Å². The zero-order valence-electron chi connectivity index (χ0n) is 15.3. The molecule has 0 unspecified atom stereocenters. The molecule has 134 valence electrons. The Bertz CT molecular complexity index is 1490. The van der Waals surface area contributed by atoms with E-state index in [0.29, 0.717) is 0 Å². The Hall–Kier alpha value is -3.72. The lowest BCUT2D eigenvalue weighted by atomic mass is 10.1. The second-order valence-corrected chi connectivity index (χ2v) is 6.99. The number of para-hydroxylation sites is 2. The fourth-order valence-electron chi connectivity index (χ4n) is 4.23. The van der Waals surface area contributed by atoms with Crippen molar-refractivity contribution in [3.05, 3.63) is 84.9 Å². The maximum Gasteiger partial charge on any atom is 0.160 e. The molecule has 0 bridgehead atoms. The van der Waals surface area contributed by atoms with Crippen LogP contribution in [0.4, 0.5) is 0 Å². The number of aromatic nitrogens is 1. The van der Waals surface area contributed by atoms with Crippen molar-refractivity contribution in [3.63, 3.8) is 0 Å². The Morgan fingerprint density at radius 3 is 2.32 bits per heavy atom. The average Bonchev–Trinajstić information content (AvgIpc) is 3.29. The highest BCUT2D eigenvalue weighted by atomic mass is 16.5. The van der Waals surface area contributed by atoms with E-state index in [2.05, 4.69) is 71.3 Å². The van der Waals surface area contributed by atoms with Gasteiger partial charge in [0, 0.05) is 33.3 Å². The smallest absolute Gasteiger partial charge is 0.160 e. The zero-order valence-corrected chi connectivity index (χ0v) is 15.3. The average molecular weight is 363 g/mol. The van der Waals surface area contributed by atoms with Gasteiger partial charge in [0.25, 0.3) is 0 Å². The highest BCUT2D eigenvalue weighted by molar-refractivity contribution is 6.21. The molecule has 0 saturated heterocycles. The van der Waals surface area contributed by atoms with Crippen molar-refractivity contribution in [1.29, 1.82) is 0 Å². The van der Waals surface area contributed by atoms with Crippen molar-refractivity contribution >= 4 is 43.7 Å². The first-order chi connectivity index (χ1) is 13.8. The third-order valence-corrected chi connectivity index (χ3v) is 5.50. The number of rotatable bonds is 2. The highest BCUT2D eigenvalue weighted by Crippen LogP contribution is 2.40. The minimum atomic E-state index is 0.798. The Labute approximate surface area is 161 Å². The van der Waals surface area contributed by atoms with Gasteiger partial charge in [0.05, 0.1) is 18.1 Å². The van der Waals surface area contributed by atoms with Gasteiger partial charge >= 0.3 is 0 Å². The minimum Gasteiger partial charge on any atom is -0.497 e. The summed E-state index contributed by atoms with van der Waals surface area (Å²) in [4.78, 5) is 0. The van der Waals surface area contributed by atoms with Gasteiger partial charge in [-0.05, 0) is 36.4 Å². The Kier molecular flexibility index (Phi) is 3.09. The maximum atomic E-state index is 6.40. The molecule has 0 aliphatic rings. The number of benzene rings is 4. The first-order valence-electron chi connectivity index (χ1n) is 9.33. The minimum absolute atomic E-state index is 0.798. The molecule has 0 amide bonds. The van der Waals surface area contributed by atoms with E-state index >= 15 is 0 Å². The van der Waals surface area contributed by atoms with Gasteiger partial charge in [0.1, 0.15) is 11.3 Å². The lowest BCUT2D eigenvalue weighted by Gasteiger charge is -2.07. The summed E-state index contributed by atoms with van der Waals surface area (Å²) in [7, 11) is 1.68. The van der Waals surface area contributed by atoms with E-state index in [4.69, 9.17) is 9.15 Å². The fraction of sp³-hybridized carbons (Fsp3) is 0.0400. The largest absolute Gasteiger partial charge is 0.497 e. The van der Waals surface area contributed by atoms with Crippen LogP contribution in [0, 0.1) is 0 Å². The molecule has 0 N–H and O–H groups in total. The molecule has 0 fully saturated rings. The van der Waals surface area contributed by atoms with Gasteiger partial charge in [0.15, 0.2) is 5.58 Å². The van der Waals surface area contributed by atoms with Crippen molar-refractivity contribution < 1.29 is 9.15 Å². The van der Waals surface area contributed by atoms with Gasteiger partial charge in [-0.3, -0.25) is 0 Å². The first kappa shape index (κ1) is 15.3. The summed E-state index contributed by atoms with van der Waals surface area (Å²) >= 11 is 0. The van der Waals surface area contributed by atoms with Gasteiger partial charge < -0.3 is 13.7 Å². The molecule has 6 rings (SSSR count). The van der Waals surface area contributed by atoms with Crippen molar-refractivity contribution in [2.75, 3.05) is 7.11 Å². The van der Waals surface area contributed by atoms with E-state index in [1.54, 1.807) is 7.11 Å². The number of furan rings is 1. The van der Waals surface area contributed by atoms with Crippen LogP contribution in [-0.4, -0.2) is 11.7 Å². The number of ether oxygens (including phenoxy) is 1. The summed E-state index contributed by atoms with van der Waals surface area (Å²) in [6, 6.07) is 29.3. The lowest BCUT2D eigenvalue weighted by molar-refractivity contribution is 0.414. The van der Waals surface area contributed by atoms with Crippen LogP contribution < -0.4 is 4.74 Å². The molecule has 3 heteroatoms. The molecule has 4 aromatic carbocycles. The van der Waals surface area contributed by atoms with Crippen molar-refractivity contribution in [2.24, 2.45) is 0 Å². The quantitative estimate of drug-likeness (QED) is 0.343. The summed E-state index contributed by atoms with van der Waals surface area (Å²) in [6.07, 6.45) is 0. The predicted octanol–water partition coefficient (Wildman–Crippen LogP) is 6.69. The van der Waals surface area contributed by atoms with Gasteiger partial charge in [-0.2, -0.15) is 0 Å². The summed E-state index contributed by atoms with van der Waals surface area (Å²) in [5, 5.41) is 4.63. The van der Waals surface area contributed by atoms with Crippen LogP contribution in [0.5, 0.6) is 5.75 Å². The van der Waals surface area contributed by atoms with Gasteiger partial charge in [-0.25, -0.2) is 0 Å². The highest BCUT2D eigenvalue weighted by Gasteiger charge is 2.18. The fourth-order valence-corrected chi connectivity index (χ4v) is 4.23. The van der Waals surface area contributed by atoms with E-state index < -0.39 is 0 Å². The van der Waals surface area contributed by atoms with Crippen LogP contribution in [0.25, 0.3) is 49.4 Å². The number of hydrogen-bond acceptors (Lipinski definition) is 2. The van der Waals surface area contributed by atoms with Gasteiger partial charge in [-0.1, -0.05) is 42.5 Å². The Morgan fingerprint density at radius 1 is 0.714 bits per heavy atom. The molecule has 2 aromatic heterocycles. The standard InChI is InChI=1S/C25H17NO2/c1-27-17-11-12-19-21-14-13-20-18-9-5-6-10-22(18)26(16-7-3-2-4-8-16)24(20)25(21)28-23(19)15-17/h2-15H,1H3. The normalized spacial score (nSPS) is 11.8. The molecule has 28 heavy (non-hydrogen) atoms. The van der Waals surface area contributed by atoms with Crippen LogP contribution >= 0.6 is 0 Å². The molecule has 0 saturated carbocycles. The molecule has 0 aliphatic carbocycles. The summed E-state index contributed by atoms with van der Waals surface area (Å²) in [5.41, 5.74) is 5.14. The van der Waals surface area contributed by atoms with E-state index in [1.165, 1.54) is 16.3 Å². The van der Waals surface area contributed by atoms with Crippen LogP contribution in [0.15, 0.2) is 89.3 Å². The lowest BCUT2D eigenvalue weighted by Crippen LogP contribution is -1.93. The van der Waals surface area contributed by atoms with Crippen LogP contribution in [0.1, 0.15) is 0 Å². The molecule has 6 aromatic rings. The molecule has 0 radical (unpaired) electrons. The van der Waals surface area contributed by atoms with Crippen molar-refractivity contribution in [1.82, 2.24) is 4.57 Å². The predicted molar refractivity (Wildman–Crippen MR) is 115 cm³/mol. The SMILES string of the molecule is COc1ccc2c(c1)oc1c2ccc2c3ccccc3n(-c3ccccc3)c21. The van der Waals surface area contributed by atoms with Gasteiger partial charge in [0.2, 0.25) is 0 Å². The Morgan fingerprint density at radius 2 is 1.46 bits per heavy atom. The molecule has 0 spiro atoms. The van der Waals surface area contributed by atoms with Crippen molar-refractivity contribution in [2.45, 2.75) is 0 Å². The van der Waals surface area contributed by atoms with E-state index in [0.717, 1.165) is 38.9 Å². The number of nitrogens with zero attached hydrogens (tertiary/aromatic N) is 1. The molecule has 2 heterocycles. The first-order valence-corrected chi connectivity index (χ1v) is 9.33. The number of methoxy groups -OCH3 is 1. The molecule has 0 aliphatic heterocycles. The van der Waals surface area contributed by atoms with E-state index in [9.17, 15) is 0 Å². The number of fused-ring (bicyclic) bond motifs is 7. The van der Waals surface area contributed by atoms with Crippen LogP contribution in [0.2, 0.25) is 0 Å². The third-order valence-electron chi connectivity index (χ3n) is 5.50. The summed E-state index contributed by atoms with van der Waals surface area (Å²) in [5.74, 6) is 0.798. The summed E-state index contributed by atoms with van der Waals surface area (Å²) < 4.78 is 14.1. The molecular formula is C25H17NO2. The van der Waals surface area contributed by atoms with Crippen molar-refractivity contribution in [3.8, 4) is 11.4 Å². The van der Waals surface area contributed by atoms with E-state index in [1.807, 2.05) is 18.2 Å². The van der Waals surface area contributed by atoms with E-state index in [-0.39, 0.29) is 0 Å². The second kappa shape index (κ2) is 5.64. The molecular weight excluding hydrogens is 346 g/mol. The topological polar surface area (TPSA) is 27.3 Å². The molecule has 3 nitrogen and oxygen atoms in total. The monoisotopic (exact) mass is 363 g/mol. The van der Waals surface area contributed by atoms with Crippen LogP contribution in [0.3, 0.4) is 0 Å². The number of hydrogen-bond donors (Lipinski definition) is 0. The second-order valence-electron chi connectivity index (χ2n) is 6.99. The molecule has 0 atom stereocenters.